The zero-order chi connectivity index (χ0) is 18.0. The van der Waals surface area contributed by atoms with Crippen molar-refractivity contribution in [2.45, 2.75) is 36.4 Å². The lowest BCUT2D eigenvalue weighted by molar-refractivity contribution is -0.122. The van der Waals surface area contributed by atoms with Gasteiger partial charge < -0.3 is 9.88 Å². The monoisotopic (exact) mass is 382 g/mol. The topological polar surface area (TPSA) is 93.1 Å². The maximum absolute atomic E-state index is 12.6. The molecule has 1 aromatic heterocycles. The standard InChI is InChI=1S/C16H19ClN4O3S/c1-21-10-18-16(14(21)17)25(23,24)20-13(15(22)19-12-7-8-12)9-11-5-3-2-4-6-11/h2-6,10,12-13,20H,7-9H2,1H3,(H,19,22). The van der Waals surface area contributed by atoms with Crippen LogP contribution in [0.2, 0.25) is 5.15 Å². The van der Waals surface area contributed by atoms with Crippen LogP contribution in [0.1, 0.15) is 18.4 Å². The molecule has 7 nitrogen and oxygen atoms in total. The number of aryl methyl sites for hydroxylation is 1. The lowest BCUT2D eigenvalue weighted by atomic mass is 10.1. The van der Waals surface area contributed by atoms with Gasteiger partial charge in [-0.1, -0.05) is 41.9 Å². The Balaban J connectivity index is 1.83. The van der Waals surface area contributed by atoms with Gasteiger partial charge in [-0.05, 0) is 24.8 Å². The second-order valence-corrected chi connectivity index (χ2v) is 8.09. The van der Waals surface area contributed by atoms with E-state index in [0.29, 0.717) is 0 Å². The second-order valence-electron chi connectivity index (χ2n) is 6.10. The summed E-state index contributed by atoms with van der Waals surface area (Å²) in [6.07, 6.45) is 3.39. The molecule has 2 aromatic rings. The van der Waals surface area contributed by atoms with Crippen molar-refractivity contribution in [1.29, 1.82) is 0 Å². The van der Waals surface area contributed by atoms with Gasteiger partial charge in [-0.2, -0.15) is 4.72 Å². The van der Waals surface area contributed by atoms with Gasteiger partial charge in [0.15, 0.2) is 0 Å². The smallest absolute Gasteiger partial charge is 0.261 e. The first-order valence-electron chi connectivity index (χ1n) is 7.90. The van der Waals surface area contributed by atoms with Crippen molar-refractivity contribution >= 4 is 27.5 Å². The number of imidazole rings is 1. The van der Waals surface area contributed by atoms with Crippen molar-refractivity contribution in [3.8, 4) is 0 Å². The molecule has 1 amide bonds. The summed E-state index contributed by atoms with van der Waals surface area (Å²) in [6.45, 7) is 0. The molecule has 1 fully saturated rings. The zero-order valence-electron chi connectivity index (χ0n) is 13.6. The summed E-state index contributed by atoms with van der Waals surface area (Å²) in [5.41, 5.74) is 0.855. The van der Waals surface area contributed by atoms with Crippen LogP contribution in [0, 0.1) is 0 Å². The third kappa shape index (κ3) is 4.39. The minimum absolute atomic E-state index is 0.00596. The van der Waals surface area contributed by atoms with Crippen LogP contribution in [0.4, 0.5) is 0 Å². The number of halogens is 1. The molecule has 3 rings (SSSR count). The maximum atomic E-state index is 12.6. The molecule has 1 saturated carbocycles. The lowest BCUT2D eigenvalue weighted by Crippen LogP contribution is -2.48. The summed E-state index contributed by atoms with van der Waals surface area (Å²) in [5.74, 6) is -0.345. The molecule has 0 spiro atoms. The predicted octanol–water partition coefficient (Wildman–Crippen LogP) is 1.24. The molecule has 1 aliphatic rings. The third-order valence-corrected chi connectivity index (χ3v) is 5.87. The number of carbonyl (C=O) groups is 1. The van der Waals surface area contributed by atoms with Crippen molar-refractivity contribution < 1.29 is 13.2 Å². The lowest BCUT2D eigenvalue weighted by Gasteiger charge is -2.18. The Kier molecular flexibility index (Phi) is 5.12. The first kappa shape index (κ1) is 17.9. The largest absolute Gasteiger partial charge is 0.352 e. The summed E-state index contributed by atoms with van der Waals surface area (Å²) in [7, 11) is -2.43. The van der Waals surface area contributed by atoms with Gasteiger partial charge in [0.05, 0.1) is 6.33 Å². The van der Waals surface area contributed by atoms with Crippen LogP contribution >= 0.6 is 11.6 Å². The first-order chi connectivity index (χ1) is 11.9. The van der Waals surface area contributed by atoms with E-state index in [4.69, 9.17) is 11.6 Å². The fourth-order valence-electron chi connectivity index (χ4n) is 2.38. The minimum atomic E-state index is -4.02. The normalized spacial score (nSPS) is 15.8. The van der Waals surface area contributed by atoms with Gasteiger partial charge in [-0.3, -0.25) is 4.79 Å². The van der Waals surface area contributed by atoms with Crippen molar-refractivity contribution in [2.24, 2.45) is 7.05 Å². The molecule has 0 saturated heterocycles. The van der Waals surface area contributed by atoms with Crippen molar-refractivity contribution in [1.82, 2.24) is 19.6 Å². The zero-order valence-corrected chi connectivity index (χ0v) is 15.2. The Labute approximate surface area is 151 Å². The Morgan fingerprint density at radius 1 is 1.36 bits per heavy atom. The predicted molar refractivity (Wildman–Crippen MR) is 93.6 cm³/mol. The number of carbonyl (C=O) groups excluding carboxylic acids is 1. The molecule has 134 valence electrons. The Morgan fingerprint density at radius 2 is 2.04 bits per heavy atom. The van der Waals surface area contributed by atoms with E-state index >= 15 is 0 Å². The van der Waals surface area contributed by atoms with E-state index in [9.17, 15) is 13.2 Å². The molecule has 9 heteroatoms. The van der Waals surface area contributed by atoms with E-state index < -0.39 is 16.1 Å². The fourth-order valence-corrected chi connectivity index (χ4v) is 4.01. The van der Waals surface area contributed by atoms with Gasteiger partial charge in [0.2, 0.25) is 10.9 Å². The summed E-state index contributed by atoms with van der Waals surface area (Å²) in [4.78, 5) is 16.3. The summed E-state index contributed by atoms with van der Waals surface area (Å²) in [6, 6.07) is 8.43. The molecule has 25 heavy (non-hydrogen) atoms. The van der Waals surface area contributed by atoms with Crippen molar-refractivity contribution in [3.05, 3.63) is 47.4 Å². The highest BCUT2D eigenvalue weighted by atomic mass is 35.5. The maximum Gasteiger partial charge on any atom is 0.261 e. The second kappa shape index (κ2) is 7.15. The van der Waals surface area contributed by atoms with Gasteiger partial charge >= 0.3 is 0 Å². The SMILES string of the molecule is Cn1cnc(S(=O)(=O)NC(Cc2ccccc2)C(=O)NC2CC2)c1Cl. The van der Waals surface area contributed by atoms with Gasteiger partial charge in [-0.15, -0.1) is 0 Å². The van der Waals surface area contributed by atoms with Crippen LogP contribution in [-0.2, 0) is 28.3 Å². The number of hydrogen-bond acceptors (Lipinski definition) is 4. The number of rotatable bonds is 7. The first-order valence-corrected chi connectivity index (χ1v) is 9.76. The summed E-state index contributed by atoms with van der Waals surface area (Å²) >= 11 is 5.99. The molecular weight excluding hydrogens is 364 g/mol. The number of nitrogens with zero attached hydrogens (tertiary/aromatic N) is 2. The van der Waals surface area contributed by atoms with Crippen LogP contribution in [0.3, 0.4) is 0 Å². The van der Waals surface area contributed by atoms with Gasteiger partial charge in [-0.25, -0.2) is 13.4 Å². The molecule has 1 unspecified atom stereocenters. The van der Waals surface area contributed by atoms with E-state index in [1.165, 1.54) is 10.9 Å². The average Bonchev–Trinajstić information content (AvgIpc) is 3.32. The van der Waals surface area contributed by atoms with Crippen LogP contribution in [0.5, 0.6) is 0 Å². The molecule has 1 aliphatic carbocycles. The van der Waals surface area contributed by atoms with E-state index in [-0.39, 0.29) is 28.5 Å². The highest BCUT2D eigenvalue weighted by Gasteiger charge is 2.32. The highest BCUT2D eigenvalue weighted by Crippen LogP contribution is 2.21. The van der Waals surface area contributed by atoms with Crippen LogP contribution in [0.25, 0.3) is 0 Å². The van der Waals surface area contributed by atoms with Crippen LogP contribution in [0.15, 0.2) is 41.7 Å². The molecular formula is C16H19ClN4O3S. The highest BCUT2D eigenvalue weighted by molar-refractivity contribution is 7.89. The average molecular weight is 383 g/mol. The molecule has 0 bridgehead atoms. The van der Waals surface area contributed by atoms with E-state index in [1.807, 2.05) is 30.3 Å². The van der Waals surface area contributed by atoms with E-state index in [2.05, 4.69) is 15.0 Å². The third-order valence-electron chi connectivity index (χ3n) is 3.91. The Hall–Kier alpha value is -1.90. The molecule has 2 N–H and O–H groups in total. The number of sulfonamides is 1. The minimum Gasteiger partial charge on any atom is -0.352 e. The number of aromatic nitrogens is 2. The Bertz CT molecular complexity index is 863. The van der Waals surface area contributed by atoms with Crippen LogP contribution < -0.4 is 10.0 Å². The summed E-state index contributed by atoms with van der Waals surface area (Å²) < 4.78 is 29.1. The fraction of sp³-hybridized carbons (Fsp3) is 0.375. The summed E-state index contributed by atoms with van der Waals surface area (Å²) in [5, 5.41) is 2.55. The quantitative estimate of drug-likeness (QED) is 0.753. The van der Waals surface area contributed by atoms with Crippen molar-refractivity contribution in [3.63, 3.8) is 0 Å². The van der Waals surface area contributed by atoms with E-state index in [1.54, 1.807) is 7.05 Å². The van der Waals surface area contributed by atoms with Crippen molar-refractivity contribution in [2.75, 3.05) is 0 Å². The molecule has 0 aliphatic heterocycles. The molecule has 1 heterocycles. The Morgan fingerprint density at radius 3 is 2.60 bits per heavy atom. The number of benzene rings is 1. The number of nitrogens with one attached hydrogen (secondary N) is 2. The number of hydrogen-bond donors (Lipinski definition) is 2. The number of amides is 1. The van der Waals surface area contributed by atoms with Gasteiger partial charge in [0, 0.05) is 13.1 Å². The van der Waals surface area contributed by atoms with Gasteiger partial charge in [0.25, 0.3) is 10.0 Å². The van der Waals surface area contributed by atoms with Crippen LogP contribution in [-0.4, -0.2) is 36.0 Å². The van der Waals surface area contributed by atoms with E-state index in [0.717, 1.165) is 18.4 Å². The molecule has 1 aromatic carbocycles. The van der Waals surface area contributed by atoms with Gasteiger partial charge in [0.1, 0.15) is 11.2 Å². The molecule has 0 radical (unpaired) electrons. The molecule has 1 atom stereocenters.